The lowest BCUT2D eigenvalue weighted by atomic mass is 10.1. The predicted octanol–water partition coefficient (Wildman–Crippen LogP) is 5.66. The Labute approximate surface area is 234 Å². The lowest BCUT2D eigenvalue weighted by molar-refractivity contribution is -0.137. The number of rotatable bonds is 11. The molecule has 39 heavy (non-hydrogen) atoms. The van der Waals surface area contributed by atoms with Crippen LogP contribution < -0.4 is 19.8 Å². The number of nitrogens with zero attached hydrogens (tertiary/aromatic N) is 2. The summed E-state index contributed by atoms with van der Waals surface area (Å²) in [7, 11) is -3.78. The minimum absolute atomic E-state index is 0.129. The molecular weight excluding hydrogens is 532 g/mol. The van der Waals surface area contributed by atoms with Gasteiger partial charge < -0.3 is 20.6 Å². The van der Waals surface area contributed by atoms with E-state index < -0.39 is 21.0 Å². The second-order valence-corrected chi connectivity index (χ2v) is 13.1. The highest BCUT2D eigenvalue weighted by atomic mass is 32.2. The summed E-state index contributed by atoms with van der Waals surface area (Å²) >= 11 is 1.45. The van der Waals surface area contributed by atoms with Gasteiger partial charge in [0.1, 0.15) is 0 Å². The Morgan fingerprint density at radius 3 is 2.13 bits per heavy atom. The van der Waals surface area contributed by atoms with Crippen LogP contribution in [0.3, 0.4) is 0 Å². The minimum atomic E-state index is -3.78. The molecule has 10 heteroatoms. The van der Waals surface area contributed by atoms with Crippen molar-refractivity contribution in [2.75, 3.05) is 45.2 Å². The van der Waals surface area contributed by atoms with Gasteiger partial charge in [-0.3, -0.25) is 9.10 Å². The zero-order valence-electron chi connectivity index (χ0n) is 21.8. The van der Waals surface area contributed by atoms with Crippen molar-refractivity contribution in [1.82, 2.24) is 0 Å². The Morgan fingerprint density at radius 2 is 1.51 bits per heavy atom. The second-order valence-electron chi connectivity index (χ2n) is 9.85. The molecule has 0 aromatic heterocycles. The van der Waals surface area contributed by atoms with Gasteiger partial charge >= 0.3 is 5.97 Å². The molecular formula is C29H34N4O4S2. The number of thioether (sulfide) groups is 1. The highest BCUT2D eigenvalue weighted by Gasteiger charge is 2.39. The number of benzene rings is 3. The Hall–Kier alpha value is -3.37. The van der Waals surface area contributed by atoms with Gasteiger partial charge in [0.2, 0.25) is 0 Å². The third kappa shape index (κ3) is 6.28. The maximum absolute atomic E-state index is 13.7. The number of fused-ring (bicyclic) bond motifs is 1. The van der Waals surface area contributed by atoms with E-state index in [-0.39, 0.29) is 17.9 Å². The van der Waals surface area contributed by atoms with Crippen LogP contribution in [0.1, 0.15) is 32.1 Å². The zero-order valence-corrected chi connectivity index (χ0v) is 23.4. The van der Waals surface area contributed by atoms with Crippen molar-refractivity contribution in [3.05, 3.63) is 78.9 Å². The van der Waals surface area contributed by atoms with Gasteiger partial charge in [-0.05, 0) is 80.0 Å². The number of para-hydroxylation sites is 2. The number of aliphatic carboxylic acids is 1. The molecule has 2 aliphatic rings. The van der Waals surface area contributed by atoms with Crippen LogP contribution >= 0.6 is 11.8 Å². The molecule has 2 aliphatic heterocycles. The van der Waals surface area contributed by atoms with E-state index >= 15 is 0 Å². The van der Waals surface area contributed by atoms with Crippen molar-refractivity contribution in [1.29, 1.82) is 0 Å². The van der Waals surface area contributed by atoms with E-state index in [4.69, 9.17) is 0 Å². The lowest BCUT2D eigenvalue weighted by Crippen LogP contribution is -2.41. The number of carboxylic acids is 1. The minimum Gasteiger partial charge on any atom is -0.481 e. The van der Waals surface area contributed by atoms with Crippen molar-refractivity contribution in [2.24, 2.45) is 0 Å². The summed E-state index contributed by atoms with van der Waals surface area (Å²) in [6.07, 6.45) is 4.00. The molecule has 0 saturated carbocycles. The molecule has 0 radical (unpaired) electrons. The van der Waals surface area contributed by atoms with Crippen LogP contribution in [0.2, 0.25) is 0 Å². The van der Waals surface area contributed by atoms with Gasteiger partial charge in [0.25, 0.3) is 10.0 Å². The fourth-order valence-corrected chi connectivity index (χ4v) is 7.87. The zero-order chi connectivity index (χ0) is 27.3. The van der Waals surface area contributed by atoms with Crippen LogP contribution in [-0.2, 0) is 14.8 Å². The van der Waals surface area contributed by atoms with Crippen LogP contribution in [0.4, 0.5) is 22.7 Å². The second kappa shape index (κ2) is 11.8. The molecule has 0 atom stereocenters. The summed E-state index contributed by atoms with van der Waals surface area (Å²) < 4.78 is 28.9. The number of hydrogen-bond donors (Lipinski definition) is 3. The average Bonchev–Trinajstić information content (AvgIpc) is 3.31. The molecule has 1 saturated heterocycles. The maximum atomic E-state index is 13.7. The molecule has 0 aliphatic carbocycles. The third-order valence-corrected chi connectivity index (χ3v) is 10.2. The van der Waals surface area contributed by atoms with E-state index in [0.717, 1.165) is 30.2 Å². The van der Waals surface area contributed by atoms with E-state index in [2.05, 4.69) is 15.5 Å². The predicted molar refractivity (Wildman–Crippen MR) is 159 cm³/mol. The molecule has 0 amide bonds. The number of carbonyl (C=O) groups is 1. The first-order valence-electron chi connectivity index (χ1n) is 13.3. The summed E-state index contributed by atoms with van der Waals surface area (Å²) in [5, 5.41) is 16.2. The largest absolute Gasteiger partial charge is 0.481 e. The molecule has 0 unspecified atom stereocenters. The van der Waals surface area contributed by atoms with E-state index in [1.165, 1.54) is 35.3 Å². The summed E-state index contributed by atoms with van der Waals surface area (Å²) in [6.45, 7) is 2.31. The van der Waals surface area contributed by atoms with Crippen molar-refractivity contribution >= 4 is 50.5 Å². The fraction of sp³-hybridized carbons (Fsp3) is 0.345. The van der Waals surface area contributed by atoms with Gasteiger partial charge in [0.05, 0.1) is 28.4 Å². The van der Waals surface area contributed by atoms with Crippen molar-refractivity contribution in [2.45, 2.75) is 42.0 Å². The third-order valence-electron chi connectivity index (χ3n) is 7.04. The first-order valence-corrected chi connectivity index (χ1v) is 15.7. The van der Waals surface area contributed by atoms with Gasteiger partial charge in [0, 0.05) is 25.3 Å². The number of sulfonamides is 1. The Kier molecular flexibility index (Phi) is 8.23. The molecule has 3 aromatic carbocycles. The summed E-state index contributed by atoms with van der Waals surface area (Å²) in [5.74, 6) is -0.370. The number of carboxylic acid groups (broad SMARTS) is 1. The molecule has 0 bridgehead atoms. The van der Waals surface area contributed by atoms with E-state index in [9.17, 15) is 18.3 Å². The molecule has 8 nitrogen and oxygen atoms in total. The first-order chi connectivity index (χ1) is 18.9. The Balaban J connectivity index is 1.32. The van der Waals surface area contributed by atoms with Gasteiger partial charge in [-0.25, -0.2) is 8.42 Å². The monoisotopic (exact) mass is 566 g/mol. The van der Waals surface area contributed by atoms with Crippen LogP contribution in [0, 0.1) is 0 Å². The topological polar surface area (TPSA) is 102 Å². The number of anilines is 4. The highest BCUT2D eigenvalue weighted by Crippen LogP contribution is 2.42. The Bertz CT molecular complexity index is 1350. The SMILES string of the molecule is O=C(O)CC1(SCCCN(c2ccc(N3CCCCC3)cc2)S(=O)(=O)c2ccccc2)Nc2ccccc2N1. The van der Waals surface area contributed by atoms with Crippen molar-refractivity contribution in [3.8, 4) is 0 Å². The quantitative estimate of drug-likeness (QED) is 0.256. The van der Waals surface area contributed by atoms with Crippen LogP contribution in [0.5, 0.6) is 0 Å². The van der Waals surface area contributed by atoms with E-state index in [1.54, 1.807) is 30.3 Å². The average molecular weight is 567 g/mol. The van der Waals surface area contributed by atoms with Crippen LogP contribution in [-0.4, -0.2) is 49.9 Å². The van der Waals surface area contributed by atoms with Gasteiger partial charge in [-0.15, -0.1) is 11.8 Å². The number of nitrogens with one attached hydrogen (secondary N) is 2. The van der Waals surface area contributed by atoms with Gasteiger partial charge in [-0.2, -0.15) is 0 Å². The lowest BCUT2D eigenvalue weighted by Gasteiger charge is -2.30. The summed E-state index contributed by atoms with van der Waals surface area (Å²) in [4.78, 5) is 13.4. The number of hydrogen-bond acceptors (Lipinski definition) is 7. The maximum Gasteiger partial charge on any atom is 0.308 e. The van der Waals surface area contributed by atoms with Crippen molar-refractivity contribution < 1.29 is 18.3 Å². The molecule has 2 heterocycles. The first kappa shape index (κ1) is 27.2. The molecule has 3 aromatic rings. The highest BCUT2D eigenvalue weighted by molar-refractivity contribution is 8.00. The van der Waals surface area contributed by atoms with Crippen LogP contribution in [0.25, 0.3) is 0 Å². The van der Waals surface area contributed by atoms with E-state index in [0.29, 0.717) is 17.9 Å². The Morgan fingerprint density at radius 1 is 0.897 bits per heavy atom. The van der Waals surface area contributed by atoms with Gasteiger partial charge in [0.15, 0.2) is 4.99 Å². The standard InChI is InChI=1S/C29H34N4O4S2/c34-28(35)22-29(30-26-12-5-6-13-27(26)31-29)38-21-9-20-33(39(36,37)25-10-3-1-4-11-25)24-16-14-23(15-17-24)32-18-7-2-8-19-32/h1,3-6,10-17,30-31H,2,7-9,18-22H2,(H,34,35). The molecule has 5 rings (SSSR count). The molecule has 206 valence electrons. The fourth-order valence-electron chi connectivity index (χ4n) is 5.14. The van der Waals surface area contributed by atoms with Gasteiger partial charge in [-0.1, -0.05) is 30.3 Å². The van der Waals surface area contributed by atoms with Crippen LogP contribution in [0.15, 0.2) is 83.8 Å². The number of piperidine rings is 1. The smallest absolute Gasteiger partial charge is 0.308 e. The van der Waals surface area contributed by atoms with Crippen molar-refractivity contribution in [3.63, 3.8) is 0 Å². The molecule has 1 fully saturated rings. The normalized spacial score (nSPS) is 16.2. The molecule has 0 spiro atoms. The van der Waals surface area contributed by atoms with E-state index in [1.807, 2.05) is 48.5 Å². The summed E-state index contributed by atoms with van der Waals surface area (Å²) in [5.41, 5.74) is 3.44. The molecule has 3 N–H and O–H groups in total. The summed E-state index contributed by atoms with van der Waals surface area (Å²) in [6, 6.07) is 23.9.